The molecule has 25 heavy (non-hydrogen) atoms. The van der Waals surface area contributed by atoms with Crippen molar-refractivity contribution in [3.8, 4) is 5.75 Å². The molecule has 0 aliphatic rings. The number of anilines is 1. The van der Waals surface area contributed by atoms with Gasteiger partial charge in [-0.05, 0) is 30.5 Å². The third-order valence-corrected chi connectivity index (χ3v) is 3.95. The Bertz CT molecular complexity index is 828. The van der Waals surface area contributed by atoms with Crippen molar-refractivity contribution in [3.05, 3.63) is 72.8 Å². The van der Waals surface area contributed by atoms with Crippen LogP contribution in [0.5, 0.6) is 5.75 Å². The van der Waals surface area contributed by atoms with Crippen LogP contribution in [0.15, 0.2) is 72.8 Å². The van der Waals surface area contributed by atoms with Crippen LogP contribution in [0.1, 0.15) is 6.92 Å². The van der Waals surface area contributed by atoms with Gasteiger partial charge in [-0.1, -0.05) is 54.6 Å². The highest BCUT2D eigenvalue weighted by atomic mass is 16.5. The molecule has 0 aliphatic heterocycles. The summed E-state index contributed by atoms with van der Waals surface area (Å²) >= 11 is 0. The predicted molar refractivity (Wildman–Crippen MR) is 102 cm³/mol. The summed E-state index contributed by atoms with van der Waals surface area (Å²) in [6.45, 7) is 2.93. The van der Waals surface area contributed by atoms with E-state index in [1.165, 1.54) is 10.8 Å². The first kappa shape index (κ1) is 16.8. The van der Waals surface area contributed by atoms with E-state index in [0.29, 0.717) is 18.8 Å². The number of carbonyl (C=O) groups is 1. The Hall–Kier alpha value is -3.01. The van der Waals surface area contributed by atoms with Crippen LogP contribution in [0.4, 0.5) is 5.69 Å². The van der Waals surface area contributed by atoms with Crippen LogP contribution in [0.25, 0.3) is 10.8 Å². The Balaban J connectivity index is 1.47. The second-order valence-corrected chi connectivity index (χ2v) is 5.82. The van der Waals surface area contributed by atoms with Gasteiger partial charge in [0.25, 0.3) is 5.91 Å². The van der Waals surface area contributed by atoms with E-state index in [0.717, 1.165) is 5.69 Å². The molecule has 0 bridgehead atoms. The minimum Gasteiger partial charge on any atom is -0.481 e. The summed E-state index contributed by atoms with van der Waals surface area (Å²) in [5.74, 6) is 0.572. The first-order valence-corrected chi connectivity index (χ1v) is 8.45. The summed E-state index contributed by atoms with van der Waals surface area (Å²) in [4.78, 5) is 12.1. The zero-order chi connectivity index (χ0) is 17.5. The lowest BCUT2D eigenvalue weighted by Crippen LogP contribution is -2.38. The number of amides is 1. The first-order chi connectivity index (χ1) is 12.2. The van der Waals surface area contributed by atoms with E-state index in [9.17, 15) is 4.79 Å². The van der Waals surface area contributed by atoms with Crippen molar-refractivity contribution in [2.24, 2.45) is 0 Å². The highest BCUT2D eigenvalue weighted by Gasteiger charge is 2.13. The minimum absolute atomic E-state index is 0.122. The van der Waals surface area contributed by atoms with E-state index in [1.807, 2.05) is 54.6 Å². The number of ether oxygens (including phenoxy) is 1. The summed E-state index contributed by atoms with van der Waals surface area (Å²) in [5, 5.41) is 8.64. The Kier molecular flexibility index (Phi) is 5.52. The van der Waals surface area contributed by atoms with Gasteiger partial charge in [0.1, 0.15) is 5.75 Å². The lowest BCUT2D eigenvalue weighted by atomic mass is 10.1. The molecule has 1 amide bonds. The van der Waals surface area contributed by atoms with Crippen LogP contribution in [0, 0.1) is 0 Å². The van der Waals surface area contributed by atoms with Crippen molar-refractivity contribution in [1.82, 2.24) is 5.32 Å². The molecule has 1 atom stereocenters. The van der Waals surface area contributed by atoms with Crippen molar-refractivity contribution < 1.29 is 9.53 Å². The maximum absolute atomic E-state index is 12.1. The zero-order valence-corrected chi connectivity index (χ0v) is 14.2. The fraction of sp³-hybridized carbons (Fsp3) is 0.190. The van der Waals surface area contributed by atoms with Crippen LogP contribution in [0.2, 0.25) is 0 Å². The second-order valence-electron chi connectivity index (χ2n) is 5.82. The number of hydrogen-bond acceptors (Lipinski definition) is 3. The van der Waals surface area contributed by atoms with Crippen molar-refractivity contribution in [2.75, 3.05) is 18.4 Å². The monoisotopic (exact) mass is 334 g/mol. The summed E-state index contributed by atoms with van der Waals surface area (Å²) in [5.41, 5.74) is 1.07. The van der Waals surface area contributed by atoms with Crippen LogP contribution in [0.3, 0.4) is 0 Å². The molecule has 4 nitrogen and oxygen atoms in total. The van der Waals surface area contributed by atoms with Gasteiger partial charge >= 0.3 is 0 Å². The predicted octanol–water partition coefficient (Wildman–Crippen LogP) is 3.84. The molecule has 0 saturated heterocycles. The molecule has 4 heteroatoms. The standard InChI is InChI=1S/C21H22N2O2/c1-16(25-18-10-3-2-4-11-18)21(24)23-15-14-22-20-13-7-9-17-8-5-6-12-19(17)20/h2-13,16,22H,14-15H2,1H3,(H,23,24)/t16-/m0/s1. The quantitative estimate of drug-likeness (QED) is 0.646. The largest absolute Gasteiger partial charge is 0.481 e. The van der Waals surface area contributed by atoms with Gasteiger partial charge in [-0.3, -0.25) is 4.79 Å². The molecule has 2 N–H and O–H groups in total. The number of hydrogen-bond donors (Lipinski definition) is 2. The molecule has 128 valence electrons. The fourth-order valence-electron chi connectivity index (χ4n) is 2.66. The number of rotatable bonds is 7. The van der Waals surface area contributed by atoms with Crippen molar-refractivity contribution in [2.45, 2.75) is 13.0 Å². The number of nitrogens with one attached hydrogen (secondary N) is 2. The van der Waals surface area contributed by atoms with Crippen molar-refractivity contribution in [3.63, 3.8) is 0 Å². The van der Waals surface area contributed by atoms with E-state index in [-0.39, 0.29) is 5.91 Å². The van der Waals surface area contributed by atoms with Gasteiger partial charge in [-0.2, -0.15) is 0 Å². The van der Waals surface area contributed by atoms with Crippen LogP contribution < -0.4 is 15.4 Å². The Morgan fingerprint density at radius 2 is 1.64 bits per heavy atom. The molecule has 0 radical (unpaired) electrons. The summed E-state index contributed by atoms with van der Waals surface area (Å²) in [6.07, 6.45) is -0.528. The van der Waals surface area contributed by atoms with Crippen LogP contribution in [-0.4, -0.2) is 25.1 Å². The molecule has 3 aromatic rings. The molecule has 0 heterocycles. The maximum atomic E-state index is 12.1. The van der Waals surface area contributed by atoms with E-state index < -0.39 is 6.10 Å². The van der Waals surface area contributed by atoms with E-state index in [4.69, 9.17) is 4.74 Å². The Labute approximate surface area is 147 Å². The van der Waals surface area contributed by atoms with Gasteiger partial charge in [0.15, 0.2) is 6.10 Å². The fourth-order valence-corrected chi connectivity index (χ4v) is 2.66. The smallest absolute Gasteiger partial charge is 0.260 e. The average molecular weight is 334 g/mol. The maximum Gasteiger partial charge on any atom is 0.260 e. The number of fused-ring (bicyclic) bond motifs is 1. The lowest BCUT2D eigenvalue weighted by Gasteiger charge is -2.15. The zero-order valence-electron chi connectivity index (χ0n) is 14.2. The van der Waals surface area contributed by atoms with E-state index in [1.54, 1.807) is 6.92 Å². The second kappa shape index (κ2) is 8.20. The van der Waals surface area contributed by atoms with Gasteiger partial charge in [0.05, 0.1) is 0 Å². The van der Waals surface area contributed by atoms with Gasteiger partial charge in [0.2, 0.25) is 0 Å². The number of benzene rings is 3. The van der Waals surface area contributed by atoms with Gasteiger partial charge < -0.3 is 15.4 Å². The lowest BCUT2D eigenvalue weighted by molar-refractivity contribution is -0.127. The first-order valence-electron chi connectivity index (χ1n) is 8.45. The molecule has 0 saturated carbocycles. The molecular formula is C21H22N2O2. The van der Waals surface area contributed by atoms with Gasteiger partial charge in [-0.15, -0.1) is 0 Å². The molecule has 0 unspecified atom stereocenters. The molecule has 3 rings (SSSR count). The van der Waals surface area contributed by atoms with Crippen LogP contribution in [-0.2, 0) is 4.79 Å². The van der Waals surface area contributed by atoms with Gasteiger partial charge in [-0.25, -0.2) is 0 Å². The van der Waals surface area contributed by atoms with E-state index >= 15 is 0 Å². The highest BCUT2D eigenvalue weighted by Crippen LogP contribution is 2.22. The average Bonchev–Trinajstić information content (AvgIpc) is 2.66. The van der Waals surface area contributed by atoms with Gasteiger partial charge in [0, 0.05) is 24.2 Å². The molecule has 0 fully saturated rings. The number of para-hydroxylation sites is 1. The Morgan fingerprint density at radius 1 is 0.920 bits per heavy atom. The third-order valence-electron chi connectivity index (χ3n) is 3.95. The SMILES string of the molecule is C[C@H](Oc1ccccc1)C(=O)NCCNc1cccc2ccccc12. The molecular weight excluding hydrogens is 312 g/mol. The highest BCUT2D eigenvalue weighted by molar-refractivity contribution is 5.93. The molecule has 0 aromatic heterocycles. The molecule has 0 spiro atoms. The summed E-state index contributed by atoms with van der Waals surface area (Å²) < 4.78 is 5.62. The molecule has 3 aromatic carbocycles. The summed E-state index contributed by atoms with van der Waals surface area (Å²) in [7, 11) is 0. The third kappa shape index (κ3) is 4.51. The van der Waals surface area contributed by atoms with Crippen molar-refractivity contribution >= 4 is 22.4 Å². The Morgan fingerprint density at radius 3 is 2.48 bits per heavy atom. The normalized spacial score (nSPS) is 11.7. The van der Waals surface area contributed by atoms with E-state index in [2.05, 4.69) is 28.8 Å². The van der Waals surface area contributed by atoms with Crippen LogP contribution >= 0.6 is 0 Å². The summed E-state index contributed by atoms with van der Waals surface area (Å²) in [6, 6.07) is 23.8. The minimum atomic E-state index is -0.528. The topological polar surface area (TPSA) is 50.4 Å². The number of carbonyl (C=O) groups excluding carboxylic acids is 1. The molecule has 0 aliphatic carbocycles. The van der Waals surface area contributed by atoms with Crippen molar-refractivity contribution in [1.29, 1.82) is 0 Å².